The van der Waals surface area contributed by atoms with Gasteiger partial charge in [-0.05, 0) is 76.5 Å². The zero-order valence-corrected chi connectivity index (χ0v) is 23.7. The standard InChI is InChI=1S/C32H29B2N3O7/c1-18(28-23-14-12-19(16-25(23)33(41)43-28)31(39)36-21-8-4-2-5-9-21)27(30(35)38)29-24-15-13-20(17-26(24)34(42)44-29)32(40)37-22-10-6-3-7-11-22/h2-18,27-29,41-42H,1H3,(H2,35,38)(H,36,39)(H,37,40)/t18-,27-,28?,29?/m0/s1. The molecule has 0 aliphatic carbocycles. The molecule has 0 spiro atoms. The van der Waals surface area contributed by atoms with Crippen molar-refractivity contribution in [2.24, 2.45) is 17.6 Å². The van der Waals surface area contributed by atoms with Gasteiger partial charge in [-0.25, -0.2) is 0 Å². The summed E-state index contributed by atoms with van der Waals surface area (Å²) in [6, 6.07) is 27.7. The van der Waals surface area contributed by atoms with E-state index in [0.717, 1.165) is 0 Å². The van der Waals surface area contributed by atoms with E-state index in [-0.39, 0.29) is 11.8 Å². The van der Waals surface area contributed by atoms with Gasteiger partial charge in [0.2, 0.25) is 5.91 Å². The fourth-order valence-corrected chi connectivity index (χ4v) is 5.96. The van der Waals surface area contributed by atoms with Crippen LogP contribution in [0.3, 0.4) is 0 Å². The van der Waals surface area contributed by atoms with Crippen molar-refractivity contribution in [3.05, 3.63) is 119 Å². The van der Waals surface area contributed by atoms with Crippen LogP contribution in [-0.2, 0) is 14.1 Å². The third-order valence-corrected chi connectivity index (χ3v) is 8.16. The molecule has 4 aromatic rings. The lowest BCUT2D eigenvalue weighted by atomic mass is 9.74. The number of amides is 3. The van der Waals surface area contributed by atoms with Crippen LogP contribution >= 0.6 is 0 Å². The van der Waals surface area contributed by atoms with Crippen molar-refractivity contribution >= 4 is 54.3 Å². The quantitative estimate of drug-likeness (QED) is 0.197. The van der Waals surface area contributed by atoms with Crippen molar-refractivity contribution in [3.8, 4) is 0 Å². The van der Waals surface area contributed by atoms with E-state index >= 15 is 0 Å². The van der Waals surface area contributed by atoms with Crippen molar-refractivity contribution in [2.45, 2.75) is 19.1 Å². The number of carbonyl (C=O) groups is 3. The zero-order valence-electron chi connectivity index (χ0n) is 23.7. The van der Waals surface area contributed by atoms with Crippen LogP contribution in [0.25, 0.3) is 0 Å². The average Bonchev–Trinajstić information content (AvgIpc) is 3.53. The summed E-state index contributed by atoms with van der Waals surface area (Å²) in [5, 5.41) is 27.2. The van der Waals surface area contributed by atoms with Gasteiger partial charge in [0.15, 0.2) is 0 Å². The molecule has 6 N–H and O–H groups in total. The van der Waals surface area contributed by atoms with Crippen molar-refractivity contribution in [3.63, 3.8) is 0 Å². The predicted molar refractivity (Wildman–Crippen MR) is 166 cm³/mol. The Bertz CT molecular complexity index is 1720. The summed E-state index contributed by atoms with van der Waals surface area (Å²) in [5.74, 6) is -2.98. The second kappa shape index (κ2) is 12.1. The van der Waals surface area contributed by atoms with Gasteiger partial charge < -0.3 is 35.7 Å². The van der Waals surface area contributed by atoms with Crippen LogP contribution in [0, 0.1) is 11.8 Å². The summed E-state index contributed by atoms with van der Waals surface area (Å²) >= 11 is 0. The smallest absolute Gasteiger partial charge is 0.423 e. The van der Waals surface area contributed by atoms with Crippen LogP contribution in [0.5, 0.6) is 0 Å². The Morgan fingerprint density at radius 2 is 1.14 bits per heavy atom. The minimum atomic E-state index is -1.39. The van der Waals surface area contributed by atoms with Gasteiger partial charge in [0.1, 0.15) is 0 Å². The average molecular weight is 589 g/mol. The second-order valence-electron chi connectivity index (χ2n) is 10.9. The van der Waals surface area contributed by atoms with Gasteiger partial charge in [-0.3, -0.25) is 14.4 Å². The number of benzene rings is 4. The molecule has 6 rings (SSSR count). The lowest BCUT2D eigenvalue weighted by Crippen LogP contribution is -2.37. The van der Waals surface area contributed by atoms with Gasteiger partial charge in [-0.15, -0.1) is 0 Å². The van der Waals surface area contributed by atoms with Gasteiger partial charge in [0.25, 0.3) is 11.8 Å². The summed E-state index contributed by atoms with van der Waals surface area (Å²) < 4.78 is 11.8. The molecule has 2 unspecified atom stereocenters. The SMILES string of the molecule is C[C@H](C1OB(O)c2cc(C(=O)Nc3ccccc3)ccc21)[C@H](C(N)=O)C1OB(O)c2cc(C(=O)Nc3ccccc3)ccc21. The predicted octanol–water partition coefficient (Wildman–Crippen LogP) is 2.15. The van der Waals surface area contributed by atoms with E-state index in [1.807, 2.05) is 24.3 Å². The highest BCUT2D eigenvalue weighted by molar-refractivity contribution is 6.62. The van der Waals surface area contributed by atoms with Crippen molar-refractivity contribution in [2.75, 3.05) is 10.6 Å². The molecule has 220 valence electrons. The van der Waals surface area contributed by atoms with Crippen LogP contribution in [0.4, 0.5) is 11.4 Å². The summed E-state index contributed by atoms with van der Waals surface area (Å²) in [7, 11) is -2.72. The highest BCUT2D eigenvalue weighted by Crippen LogP contribution is 2.43. The number of hydrogen-bond donors (Lipinski definition) is 5. The molecule has 10 nitrogen and oxygen atoms in total. The van der Waals surface area contributed by atoms with E-state index in [0.29, 0.717) is 44.6 Å². The Labute approximate surface area is 254 Å². The number of anilines is 2. The van der Waals surface area contributed by atoms with E-state index in [1.54, 1.807) is 73.7 Å². The fourth-order valence-electron chi connectivity index (χ4n) is 5.96. The summed E-state index contributed by atoms with van der Waals surface area (Å²) in [5.41, 5.74) is 9.71. The van der Waals surface area contributed by atoms with Gasteiger partial charge in [0, 0.05) is 22.5 Å². The Hall–Kier alpha value is -4.74. The molecule has 0 radical (unpaired) electrons. The molecular formula is C32H29B2N3O7. The number of hydrogen-bond acceptors (Lipinski definition) is 7. The molecular weight excluding hydrogens is 560 g/mol. The minimum Gasteiger partial charge on any atom is -0.423 e. The zero-order chi connectivity index (χ0) is 31.0. The third kappa shape index (κ3) is 5.63. The van der Waals surface area contributed by atoms with Crippen molar-refractivity contribution < 1.29 is 33.7 Å². The normalized spacial score (nSPS) is 18.2. The summed E-state index contributed by atoms with van der Waals surface area (Å²) in [6.45, 7) is 1.76. The maximum Gasteiger partial charge on any atom is 0.492 e. The molecule has 0 bridgehead atoms. The Kier molecular flexibility index (Phi) is 8.07. The highest BCUT2D eigenvalue weighted by atomic mass is 16.5. The number of fused-ring (bicyclic) bond motifs is 2. The molecule has 2 aliphatic heterocycles. The third-order valence-electron chi connectivity index (χ3n) is 8.16. The van der Waals surface area contributed by atoms with Gasteiger partial charge in [-0.1, -0.05) is 55.5 Å². The number of para-hydroxylation sites is 2. The number of carbonyl (C=O) groups excluding carboxylic acids is 3. The second-order valence-corrected chi connectivity index (χ2v) is 10.9. The van der Waals surface area contributed by atoms with Crippen molar-refractivity contribution in [1.82, 2.24) is 0 Å². The first kappa shape index (κ1) is 29.3. The summed E-state index contributed by atoms with van der Waals surface area (Å²) in [4.78, 5) is 38.6. The molecule has 2 heterocycles. The Morgan fingerprint density at radius 1 is 0.705 bits per heavy atom. The van der Waals surface area contributed by atoms with E-state index in [2.05, 4.69) is 10.6 Å². The van der Waals surface area contributed by atoms with Crippen LogP contribution in [-0.4, -0.2) is 42.0 Å². The van der Waals surface area contributed by atoms with Gasteiger partial charge in [0.05, 0.1) is 18.1 Å². The molecule has 0 saturated heterocycles. The van der Waals surface area contributed by atoms with Crippen molar-refractivity contribution in [1.29, 1.82) is 0 Å². The molecule has 2 aliphatic rings. The maximum absolute atomic E-state index is 12.9. The van der Waals surface area contributed by atoms with E-state index in [1.165, 1.54) is 6.07 Å². The topological polar surface area (TPSA) is 160 Å². The molecule has 3 amide bonds. The van der Waals surface area contributed by atoms with E-state index in [9.17, 15) is 24.4 Å². The number of rotatable bonds is 8. The van der Waals surface area contributed by atoms with Crippen LogP contribution < -0.4 is 27.3 Å². The Balaban J connectivity index is 1.23. The molecule has 0 fully saturated rings. The first-order chi connectivity index (χ1) is 21.2. The lowest BCUT2D eigenvalue weighted by Gasteiger charge is -2.31. The highest BCUT2D eigenvalue weighted by Gasteiger charge is 2.48. The molecule has 0 saturated carbocycles. The van der Waals surface area contributed by atoms with E-state index in [4.69, 9.17) is 15.0 Å². The number of nitrogens with two attached hydrogens (primary N) is 1. The van der Waals surface area contributed by atoms with Gasteiger partial charge in [-0.2, -0.15) is 0 Å². The molecule has 0 aromatic heterocycles. The maximum atomic E-state index is 12.9. The van der Waals surface area contributed by atoms with Crippen LogP contribution in [0.15, 0.2) is 97.1 Å². The lowest BCUT2D eigenvalue weighted by molar-refractivity contribution is -0.129. The number of nitrogens with one attached hydrogen (secondary N) is 2. The number of primary amides is 1. The minimum absolute atomic E-state index is 0.308. The molecule has 4 atom stereocenters. The largest absolute Gasteiger partial charge is 0.492 e. The first-order valence-corrected chi connectivity index (χ1v) is 14.2. The monoisotopic (exact) mass is 589 g/mol. The van der Waals surface area contributed by atoms with Crippen LogP contribution in [0.1, 0.15) is 51.0 Å². The molecule has 12 heteroatoms. The first-order valence-electron chi connectivity index (χ1n) is 14.2. The van der Waals surface area contributed by atoms with Crippen LogP contribution in [0.2, 0.25) is 0 Å². The Morgan fingerprint density at radius 3 is 1.59 bits per heavy atom. The van der Waals surface area contributed by atoms with E-state index < -0.39 is 44.2 Å². The fraction of sp³-hybridized carbons (Fsp3) is 0.156. The molecule has 4 aromatic carbocycles. The molecule has 44 heavy (non-hydrogen) atoms. The summed E-state index contributed by atoms with van der Waals surface area (Å²) in [6.07, 6.45) is -1.69. The van der Waals surface area contributed by atoms with Gasteiger partial charge >= 0.3 is 14.2 Å².